The molecule has 0 spiro atoms. The lowest BCUT2D eigenvalue weighted by molar-refractivity contribution is -0.143. The third-order valence-corrected chi connectivity index (χ3v) is 2.95. The van der Waals surface area contributed by atoms with E-state index in [1.54, 1.807) is 4.90 Å². The van der Waals surface area contributed by atoms with Gasteiger partial charge in [-0.2, -0.15) is 0 Å². The van der Waals surface area contributed by atoms with E-state index in [0.29, 0.717) is 19.5 Å². The van der Waals surface area contributed by atoms with Gasteiger partial charge >= 0.3 is 0 Å². The molecular formula is C13H16N2O2. The van der Waals surface area contributed by atoms with E-state index in [4.69, 9.17) is 0 Å². The highest BCUT2D eigenvalue weighted by atomic mass is 16.2. The van der Waals surface area contributed by atoms with Crippen molar-refractivity contribution in [1.29, 1.82) is 0 Å². The number of carbonyl (C=O) groups is 2. The molecule has 1 aliphatic rings. The molecule has 1 saturated heterocycles. The van der Waals surface area contributed by atoms with Crippen LogP contribution in [0.2, 0.25) is 0 Å². The maximum Gasteiger partial charge on any atom is 0.247 e. The molecule has 0 saturated carbocycles. The fourth-order valence-electron chi connectivity index (χ4n) is 2.11. The summed E-state index contributed by atoms with van der Waals surface area (Å²) >= 11 is 0. The Labute approximate surface area is 101 Å². The molecule has 1 fully saturated rings. The van der Waals surface area contributed by atoms with Gasteiger partial charge in [-0.25, -0.2) is 0 Å². The number of piperazine rings is 1. The molecule has 0 radical (unpaired) electrons. The van der Waals surface area contributed by atoms with Crippen LogP contribution in [0.1, 0.15) is 24.9 Å². The third-order valence-electron chi connectivity index (χ3n) is 2.95. The second kappa shape index (κ2) is 4.99. The Morgan fingerprint density at radius 1 is 1.41 bits per heavy atom. The zero-order chi connectivity index (χ0) is 12.3. The van der Waals surface area contributed by atoms with Crippen molar-refractivity contribution in [3.63, 3.8) is 0 Å². The lowest BCUT2D eigenvalue weighted by atomic mass is 10.0. The van der Waals surface area contributed by atoms with Crippen molar-refractivity contribution in [2.75, 3.05) is 13.1 Å². The molecule has 4 nitrogen and oxygen atoms in total. The van der Waals surface area contributed by atoms with Crippen molar-refractivity contribution in [3.8, 4) is 0 Å². The van der Waals surface area contributed by atoms with Gasteiger partial charge in [-0.3, -0.25) is 9.59 Å². The number of carbonyl (C=O) groups excluding carboxylic acids is 2. The van der Waals surface area contributed by atoms with Crippen molar-refractivity contribution in [1.82, 2.24) is 10.2 Å². The highest BCUT2D eigenvalue weighted by Gasteiger charge is 2.33. The molecular weight excluding hydrogens is 216 g/mol. The second-order valence-electron chi connectivity index (χ2n) is 4.04. The zero-order valence-electron chi connectivity index (χ0n) is 9.85. The molecule has 1 aliphatic heterocycles. The van der Waals surface area contributed by atoms with E-state index < -0.39 is 6.04 Å². The van der Waals surface area contributed by atoms with Gasteiger partial charge in [0.1, 0.15) is 6.04 Å². The number of amides is 2. The second-order valence-corrected chi connectivity index (χ2v) is 4.04. The molecule has 2 rings (SSSR count). The van der Waals surface area contributed by atoms with Gasteiger partial charge in [0.05, 0.1) is 0 Å². The maximum atomic E-state index is 11.9. The summed E-state index contributed by atoms with van der Waals surface area (Å²) < 4.78 is 0. The van der Waals surface area contributed by atoms with Crippen LogP contribution in [0.3, 0.4) is 0 Å². The topological polar surface area (TPSA) is 49.4 Å². The third kappa shape index (κ3) is 2.30. The molecule has 1 aromatic rings. The Bertz CT molecular complexity index is 417. The normalized spacial score (nSPS) is 19.9. The Morgan fingerprint density at radius 3 is 2.76 bits per heavy atom. The molecule has 0 bridgehead atoms. The monoisotopic (exact) mass is 232 g/mol. The summed E-state index contributed by atoms with van der Waals surface area (Å²) in [5.74, 6) is -0.0713. The summed E-state index contributed by atoms with van der Waals surface area (Å²) in [6.45, 7) is 2.93. The molecule has 1 aromatic carbocycles. The smallest absolute Gasteiger partial charge is 0.247 e. The molecule has 4 heteroatoms. The molecule has 1 unspecified atom stereocenters. The lowest BCUT2D eigenvalue weighted by Crippen LogP contribution is -2.52. The Hall–Kier alpha value is -1.84. The molecule has 1 heterocycles. The van der Waals surface area contributed by atoms with Crippen molar-refractivity contribution < 1.29 is 9.59 Å². The van der Waals surface area contributed by atoms with Gasteiger partial charge in [0.2, 0.25) is 11.8 Å². The van der Waals surface area contributed by atoms with Crippen LogP contribution in [0.5, 0.6) is 0 Å². The van der Waals surface area contributed by atoms with Crippen LogP contribution >= 0.6 is 0 Å². The quantitative estimate of drug-likeness (QED) is 0.830. The zero-order valence-corrected chi connectivity index (χ0v) is 9.85. The Balaban J connectivity index is 2.31. The van der Waals surface area contributed by atoms with Crippen molar-refractivity contribution in [3.05, 3.63) is 35.9 Å². The summed E-state index contributed by atoms with van der Waals surface area (Å²) in [6.07, 6.45) is 0.427. The Morgan fingerprint density at radius 2 is 2.12 bits per heavy atom. The molecule has 1 atom stereocenters. The molecule has 2 amide bonds. The minimum atomic E-state index is -0.475. The highest BCUT2D eigenvalue weighted by molar-refractivity contribution is 5.89. The van der Waals surface area contributed by atoms with Gasteiger partial charge in [0, 0.05) is 19.5 Å². The van der Waals surface area contributed by atoms with Crippen molar-refractivity contribution in [2.45, 2.75) is 19.4 Å². The van der Waals surface area contributed by atoms with Crippen LogP contribution in [0.15, 0.2) is 30.3 Å². The molecule has 90 valence electrons. The SMILES string of the molecule is CCC(=O)N1CCNC(=O)C1c1ccccc1. The van der Waals surface area contributed by atoms with Gasteiger partial charge in [0.15, 0.2) is 0 Å². The first kappa shape index (κ1) is 11.6. The minimum Gasteiger partial charge on any atom is -0.352 e. The summed E-state index contributed by atoms with van der Waals surface area (Å²) in [5, 5.41) is 2.81. The van der Waals surface area contributed by atoms with E-state index in [2.05, 4.69) is 5.32 Å². The summed E-state index contributed by atoms with van der Waals surface area (Å²) in [7, 11) is 0. The maximum absolute atomic E-state index is 11.9. The van der Waals surface area contributed by atoms with Gasteiger partial charge in [0.25, 0.3) is 0 Å². The fourth-order valence-corrected chi connectivity index (χ4v) is 2.11. The minimum absolute atomic E-state index is 0.0219. The van der Waals surface area contributed by atoms with Crippen LogP contribution in [-0.4, -0.2) is 29.8 Å². The molecule has 17 heavy (non-hydrogen) atoms. The van der Waals surface area contributed by atoms with Crippen LogP contribution in [0.25, 0.3) is 0 Å². The average Bonchev–Trinajstić information content (AvgIpc) is 2.38. The van der Waals surface area contributed by atoms with E-state index in [0.717, 1.165) is 5.56 Å². The predicted octanol–water partition coefficient (Wildman–Crippen LogP) is 1.10. The van der Waals surface area contributed by atoms with Gasteiger partial charge in [-0.05, 0) is 5.56 Å². The van der Waals surface area contributed by atoms with E-state index in [1.807, 2.05) is 37.3 Å². The van der Waals surface area contributed by atoms with Gasteiger partial charge in [-0.15, -0.1) is 0 Å². The standard InChI is InChI=1S/C13H16N2O2/c1-2-11(16)15-9-8-14-13(17)12(15)10-6-4-3-5-7-10/h3-7,12H,2,8-9H2,1H3,(H,14,17). The van der Waals surface area contributed by atoms with Gasteiger partial charge in [-0.1, -0.05) is 37.3 Å². The van der Waals surface area contributed by atoms with Crippen LogP contribution in [0, 0.1) is 0 Å². The Kier molecular flexibility index (Phi) is 3.42. The molecule has 1 N–H and O–H groups in total. The number of nitrogens with zero attached hydrogens (tertiary/aromatic N) is 1. The first-order chi connectivity index (χ1) is 8.24. The van der Waals surface area contributed by atoms with Crippen LogP contribution < -0.4 is 5.32 Å². The number of benzene rings is 1. The fraction of sp³-hybridized carbons (Fsp3) is 0.385. The number of rotatable bonds is 2. The van der Waals surface area contributed by atoms with Crippen molar-refractivity contribution >= 4 is 11.8 Å². The molecule has 0 aliphatic carbocycles. The lowest BCUT2D eigenvalue weighted by Gasteiger charge is -2.35. The highest BCUT2D eigenvalue weighted by Crippen LogP contribution is 2.23. The number of nitrogens with one attached hydrogen (secondary N) is 1. The summed E-state index contributed by atoms with van der Waals surface area (Å²) in [6, 6.07) is 8.95. The van der Waals surface area contributed by atoms with Crippen LogP contribution in [0.4, 0.5) is 0 Å². The molecule has 0 aromatic heterocycles. The van der Waals surface area contributed by atoms with Crippen molar-refractivity contribution in [2.24, 2.45) is 0 Å². The largest absolute Gasteiger partial charge is 0.352 e. The van der Waals surface area contributed by atoms with E-state index in [1.165, 1.54) is 0 Å². The number of hydrogen-bond acceptors (Lipinski definition) is 2. The average molecular weight is 232 g/mol. The summed E-state index contributed by atoms with van der Waals surface area (Å²) in [4.78, 5) is 25.4. The van der Waals surface area contributed by atoms with Crippen LogP contribution in [-0.2, 0) is 9.59 Å². The van der Waals surface area contributed by atoms with E-state index >= 15 is 0 Å². The van der Waals surface area contributed by atoms with E-state index in [9.17, 15) is 9.59 Å². The first-order valence-corrected chi connectivity index (χ1v) is 5.86. The summed E-state index contributed by atoms with van der Waals surface area (Å²) in [5.41, 5.74) is 0.867. The predicted molar refractivity (Wildman–Crippen MR) is 64.2 cm³/mol. The van der Waals surface area contributed by atoms with Gasteiger partial charge < -0.3 is 10.2 Å². The van der Waals surface area contributed by atoms with E-state index in [-0.39, 0.29) is 11.8 Å². The first-order valence-electron chi connectivity index (χ1n) is 5.86. The number of hydrogen-bond donors (Lipinski definition) is 1.